The molecule has 2 aromatic carbocycles. The Balaban J connectivity index is 1.88. The molecule has 0 aliphatic carbocycles. The largest absolute Gasteiger partial charge is 0.306 e. The Labute approximate surface area is 155 Å². The van der Waals surface area contributed by atoms with Crippen molar-refractivity contribution in [2.75, 3.05) is 11.4 Å². The number of aromatic nitrogens is 2. The van der Waals surface area contributed by atoms with Crippen LogP contribution in [-0.2, 0) is 7.05 Å². The minimum atomic E-state index is -0.197. The van der Waals surface area contributed by atoms with Crippen molar-refractivity contribution in [2.45, 2.75) is 23.5 Å². The second-order valence-electron chi connectivity index (χ2n) is 6.46. The van der Waals surface area contributed by atoms with Crippen molar-refractivity contribution in [3.63, 3.8) is 0 Å². The van der Waals surface area contributed by atoms with E-state index in [9.17, 15) is 9.59 Å². The van der Waals surface area contributed by atoms with E-state index in [2.05, 4.69) is 12.0 Å². The molecule has 0 spiro atoms. The molecule has 1 amide bonds. The fraction of sp³-hybridized carbons (Fsp3) is 0.250. The molecule has 0 unspecified atom stereocenters. The van der Waals surface area contributed by atoms with Gasteiger partial charge in [-0.3, -0.25) is 9.59 Å². The van der Waals surface area contributed by atoms with Gasteiger partial charge in [-0.1, -0.05) is 37.3 Å². The van der Waals surface area contributed by atoms with Crippen LogP contribution in [0.25, 0.3) is 10.8 Å². The van der Waals surface area contributed by atoms with Crippen molar-refractivity contribution in [3.05, 3.63) is 64.6 Å². The first-order chi connectivity index (χ1) is 12.6. The molecule has 3 aromatic rings. The van der Waals surface area contributed by atoms with Crippen LogP contribution < -0.4 is 10.5 Å². The highest BCUT2D eigenvalue weighted by molar-refractivity contribution is 8.00. The van der Waals surface area contributed by atoms with E-state index in [4.69, 9.17) is 0 Å². The van der Waals surface area contributed by atoms with Crippen molar-refractivity contribution < 1.29 is 4.79 Å². The number of aryl methyl sites for hydroxylation is 1. The Morgan fingerprint density at radius 3 is 2.62 bits per heavy atom. The van der Waals surface area contributed by atoms with Crippen molar-refractivity contribution in [1.82, 2.24) is 9.78 Å². The number of amides is 1. The number of nitrogens with zero attached hydrogens (tertiary/aromatic N) is 3. The second-order valence-corrected chi connectivity index (χ2v) is 7.94. The monoisotopic (exact) mass is 365 g/mol. The van der Waals surface area contributed by atoms with E-state index in [1.165, 1.54) is 4.68 Å². The molecule has 26 heavy (non-hydrogen) atoms. The van der Waals surface area contributed by atoms with Crippen molar-refractivity contribution in [2.24, 2.45) is 7.05 Å². The molecule has 0 N–H and O–H groups in total. The number of hydrogen-bond acceptors (Lipinski definition) is 4. The predicted molar refractivity (Wildman–Crippen MR) is 105 cm³/mol. The molecule has 6 heteroatoms. The lowest BCUT2D eigenvalue weighted by molar-refractivity contribution is 0.0981. The van der Waals surface area contributed by atoms with Gasteiger partial charge in [-0.25, -0.2) is 4.68 Å². The van der Waals surface area contributed by atoms with E-state index in [0.29, 0.717) is 28.3 Å². The number of thioether (sulfide) groups is 1. The van der Waals surface area contributed by atoms with Gasteiger partial charge in [0.05, 0.1) is 11.1 Å². The summed E-state index contributed by atoms with van der Waals surface area (Å²) in [5, 5.41) is 5.85. The van der Waals surface area contributed by atoms with Gasteiger partial charge in [-0.2, -0.15) is 5.10 Å². The zero-order valence-corrected chi connectivity index (χ0v) is 15.5. The van der Waals surface area contributed by atoms with Crippen molar-refractivity contribution in [1.29, 1.82) is 0 Å². The number of fused-ring (bicyclic) bond motifs is 2. The van der Waals surface area contributed by atoms with E-state index >= 15 is 0 Å². The Bertz CT molecular complexity index is 1060. The van der Waals surface area contributed by atoms with Gasteiger partial charge >= 0.3 is 0 Å². The average Bonchev–Trinajstić information content (AvgIpc) is 2.82. The summed E-state index contributed by atoms with van der Waals surface area (Å²) >= 11 is 1.79. The molecule has 0 saturated heterocycles. The van der Waals surface area contributed by atoms with Gasteiger partial charge in [0, 0.05) is 29.1 Å². The number of benzene rings is 2. The van der Waals surface area contributed by atoms with Gasteiger partial charge < -0.3 is 4.90 Å². The van der Waals surface area contributed by atoms with Crippen LogP contribution in [0.2, 0.25) is 0 Å². The molecule has 132 valence electrons. The Morgan fingerprint density at radius 1 is 1.12 bits per heavy atom. The van der Waals surface area contributed by atoms with Gasteiger partial charge in [0.25, 0.3) is 11.5 Å². The number of anilines is 1. The fourth-order valence-electron chi connectivity index (χ4n) is 3.28. The highest BCUT2D eigenvalue weighted by Crippen LogP contribution is 2.38. The van der Waals surface area contributed by atoms with Gasteiger partial charge in [-0.15, -0.1) is 11.8 Å². The molecule has 0 bridgehead atoms. The molecule has 0 saturated carbocycles. The summed E-state index contributed by atoms with van der Waals surface area (Å²) in [6.45, 7) is 2.80. The number of carbonyl (C=O) groups is 1. The van der Waals surface area contributed by atoms with Crippen LogP contribution in [0.15, 0.2) is 58.2 Å². The molecule has 1 aromatic heterocycles. The number of para-hydroxylation sites is 1. The van der Waals surface area contributed by atoms with Crippen LogP contribution in [0, 0.1) is 0 Å². The van der Waals surface area contributed by atoms with Crippen LogP contribution >= 0.6 is 11.8 Å². The third kappa shape index (κ3) is 2.80. The normalized spacial score (nSPS) is 17.0. The average molecular weight is 365 g/mol. The Kier molecular flexibility index (Phi) is 4.28. The smallest absolute Gasteiger partial charge is 0.279 e. The maximum atomic E-state index is 13.4. The second kappa shape index (κ2) is 6.61. The van der Waals surface area contributed by atoms with Crippen LogP contribution in [0.1, 0.15) is 23.8 Å². The summed E-state index contributed by atoms with van der Waals surface area (Å²) in [4.78, 5) is 28.7. The minimum Gasteiger partial charge on any atom is -0.306 e. The molecule has 4 rings (SSSR count). The Hall–Kier alpha value is -2.60. The number of hydrogen-bond donors (Lipinski definition) is 0. The minimum absolute atomic E-state index is 0.168. The summed E-state index contributed by atoms with van der Waals surface area (Å²) in [6.07, 6.45) is 0.898. The van der Waals surface area contributed by atoms with Crippen LogP contribution in [-0.4, -0.2) is 27.5 Å². The summed E-state index contributed by atoms with van der Waals surface area (Å²) in [5.41, 5.74) is 1.03. The summed E-state index contributed by atoms with van der Waals surface area (Å²) in [5.74, 6) is -0.168. The molecule has 1 atom stereocenters. The van der Waals surface area contributed by atoms with E-state index in [1.807, 2.05) is 30.3 Å². The summed E-state index contributed by atoms with van der Waals surface area (Å²) in [7, 11) is 1.58. The highest BCUT2D eigenvalue weighted by atomic mass is 32.2. The van der Waals surface area contributed by atoms with E-state index in [1.54, 1.807) is 41.9 Å². The van der Waals surface area contributed by atoms with Gasteiger partial charge in [0.15, 0.2) is 5.69 Å². The zero-order valence-electron chi connectivity index (χ0n) is 14.7. The summed E-state index contributed by atoms with van der Waals surface area (Å²) < 4.78 is 1.25. The zero-order chi connectivity index (χ0) is 18.3. The molecule has 5 nitrogen and oxygen atoms in total. The molecule has 0 radical (unpaired) electrons. The topological polar surface area (TPSA) is 55.2 Å². The summed E-state index contributed by atoms with van der Waals surface area (Å²) in [6, 6.07) is 15.1. The van der Waals surface area contributed by atoms with Gasteiger partial charge in [0.1, 0.15) is 0 Å². The first-order valence-corrected chi connectivity index (χ1v) is 9.48. The van der Waals surface area contributed by atoms with E-state index in [0.717, 1.165) is 17.0 Å². The molecular weight excluding hydrogens is 346 g/mol. The lowest BCUT2D eigenvalue weighted by Gasteiger charge is -2.22. The maximum absolute atomic E-state index is 13.4. The van der Waals surface area contributed by atoms with Crippen LogP contribution in [0.5, 0.6) is 0 Å². The number of rotatable bonds is 1. The SMILES string of the molecule is C[C@@H]1CCN(C(=O)c2nn(C)c(=O)c3ccccc23)c2ccccc2S1. The maximum Gasteiger partial charge on any atom is 0.279 e. The first-order valence-electron chi connectivity index (χ1n) is 8.60. The molecule has 1 aliphatic rings. The number of carbonyl (C=O) groups excluding carboxylic acids is 1. The van der Waals surface area contributed by atoms with E-state index < -0.39 is 0 Å². The molecule has 1 aliphatic heterocycles. The quantitative estimate of drug-likeness (QED) is 0.663. The fourth-order valence-corrected chi connectivity index (χ4v) is 4.40. The van der Waals surface area contributed by atoms with Crippen molar-refractivity contribution >= 4 is 34.1 Å². The third-order valence-corrected chi connectivity index (χ3v) is 5.88. The third-order valence-electron chi connectivity index (χ3n) is 4.65. The molecule has 0 fully saturated rings. The molecule has 2 heterocycles. The van der Waals surface area contributed by atoms with Crippen molar-refractivity contribution in [3.8, 4) is 0 Å². The lowest BCUT2D eigenvalue weighted by atomic mass is 10.1. The highest BCUT2D eigenvalue weighted by Gasteiger charge is 2.27. The van der Waals surface area contributed by atoms with Gasteiger partial charge in [0.2, 0.25) is 0 Å². The van der Waals surface area contributed by atoms with Gasteiger partial charge in [-0.05, 0) is 24.6 Å². The Morgan fingerprint density at radius 2 is 1.81 bits per heavy atom. The van der Waals surface area contributed by atoms with Crippen LogP contribution in [0.4, 0.5) is 5.69 Å². The van der Waals surface area contributed by atoms with Crippen LogP contribution in [0.3, 0.4) is 0 Å². The lowest BCUT2D eigenvalue weighted by Crippen LogP contribution is -2.35. The van der Waals surface area contributed by atoms with E-state index in [-0.39, 0.29) is 11.5 Å². The predicted octanol–water partition coefficient (Wildman–Crippen LogP) is 3.46. The standard InChI is InChI=1S/C20H19N3O2S/c1-13-11-12-23(16-9-5-6-10-17(16)26-13)20(25)18-14-7-3-4-8-15(14)19(24)22(2)21-18/h3-10,13H,11-12H2,1-2H3/t13-/m1/s1. The molecular formula is C20H19N3O2S. The first kappa shape index (κ1) is 16.8.